The highest BCUT2D eigenvalue weighted by atomic mass is 35.5. The van der Waals surface area contributed by atoms with Crippen molar-refractivity contribution in [2.45, 2.75) is 25.1 Å². The Bertz CT molecular complexity index is 1800. The quantitative estimate of drug-likeness (QED) is 0.326. The van der Waals surface area contributed by atoms with Gasteiger partial charge in [-0.1, -0.05) is 23.7 Å². The molecule has 2 aliphatic rings. The van der Waals surface area contributed by atoms with E-state index in [0.717, 1.165) is 0 Å². The molecule has 236 valence electrons. The SMILES string of the molecule is COc1ccc2cc1-c1cccc(c1)OCC(=O)NCc1cc(F)cc(c1)O[C@@H]1CCN(C(=O)c3ccncc3Cl)C[C@H]1NC2=O. The number of benzene rings is 3. The minimum atomic E-state index is -0.679. The highest BCUT2D eigenvalue weighted by Crippen LogP contribution is 2.33. The summed E-state index contributed by atoms with van der Waals surface area (Å²) < 4.78 is 32.3. The largest absolute Gasteiger partial charge is 0.496 e. The van der Waals surface area contributed by atoms with Gasteiger partial charge in [-0.2, -0.15) is 0 Å². The molecule has 0 unspecified atom stereocenters. The number of carbonyl (C=O) groups is 3. The van der Waals surface area contributed by atoms with Crippen LogP contribution in [0.3, 0.4) is 0 Å². The Morgan fingerprint density at radius 3 is 2.76 bits per heavy atom. The van der Waals surface area contributed by atoms with Crippen LogP contribution >= 0.6 is 11.6 Å². The number of aromatic nitrogens is 1. The molecule has 1 saturated heterocycles. The molecular weight excluding hydrogens is 615 g/mol. The molecule has 6 bridgehead atoms. The number of carbonyl (C=O) groups excluding carboxylic acids is 3. The maximum Gasteiger partial charge on any atom is 0.258 e. The summed E-state index contributed by atoms with van der Waals surface area (Å²) in [5.41, 5.74) is 2.45. The van der Waals surface area contributed by atoms with Gasteiger partial charge in [0.2, 0.25) is 0 Å². The molecule has 0 spiro atoms. The minimum absolute atomic E-state index is 0.0409. The molecule has 3 aromatic carbocycles. The monoisotopic (exact) mass is 644 g/mol. The molecule has 3 amide bonds. The zero-order valence-corrected chi connectivity index (χ0v) is 25.6. The zero-order chi connectivity index (χ0) is 32.2. The van der Waals surface area contributed by atoms with Crippen molar-refractivity contribution in [2.24, 2.45) is 0 Å². The van der Waals surface area contributed by atoms with E-state index in [1.54, 1.807) is 53.4 Å². The fourth-order valence-corrected chi connectivity index (χ4v) is 5.76. The van der Waals surface area contributed by atoms with Crippen molar-refractivity contribution in [3.63, 3.8) is 0 Å². The fraction of sp³-hybridized carbons (Fsp3) is 0.235. The number of amides is 3. The summed E-state index contributed by atoms with van der Waals surface area (Å²) in [6.07, 6.45) is 2.61. The molecule has 1 fully saturated rings. The highest BCUT2D eigenvalue weighted by Gasteiger charge is 2.35. The second-order valence-corrected chi connectivity index (χ2v) is 11.3. The van der Waals surface area contributed by atoms with Crippen LogP contribution in [0.1, 0.15) is 32.7 Å². The minimum Gasteiger partial charge on any atom is -0.496 e. The summed E-state index contributed by atoms with van der Waals surface area (Å²) in [5, 5.41) is 6.01. The van der Waals surface area contributed by atoms with Crippen LogP contribution in [-0.2, 0) is 11.3 Å². The first-order valence-electron chi connectivity index (χ1n) is 14.6. The number of nitrogens with one attached hydrogen (secondary N) is 2. The van der Waals surface area contributed by atoms with Crippen LogP contribution in [0, 0.1) is 5.82 Å². The van der Waals surface area contributed by atoms with Gasteiger partial charge in [-0.3, -0.25) is 19.4 Å². The molecule has 4 aromatic rings. The molecule has 3 heterocycles. The topological polar surface area (TPSA) is 119 Å². The lowest BCUT2D eigenvalue weighted by atomic mass is 9.98. The van der Waals surface area contributed by atoms with Crippen LogP contribution in [0.4, 0.5) is 4.39 Å². The highest BCUT2D eigenvalue weighted by molar-refractivity contribution is 6.33. The number of piperidine rings is 1. The van der Waals surface area contributed by atoms with Gasteiger partial charge in [0.25, 0.3) is 17.7 Å². The number of rotatable bonds is 2. The lowest BCUT2D eigenvalue weighted by molar-refractivity contribution is -0.123. The Balaban J connectivity index is 1.37. The van der Waals surface area contributed by atoms with Gasteiger partial charge in [0, 0.05) is 55.6 Å². The first-order valence-corrected chi connectivity index (χ1v) is 15.0. The second-order valence-electron chi connectivity index (χ2n) is 10.9. The molecule has 0 aliphatic carbocycles. The summed E-state index contributed by atoms with van der Waals surface area (Å²) in [6.45, 7) is 0.189. The van der Waals surface area contributed by atoms with Crippen LogP contribution < -0.4 is 24.8 Å². The number of likely N-dealkylation sites (tertiary alicyclic amines) is 1. The Kier molecular flexibility index (Phi) is 9.02. The van der Waals surface area contributed by atoms with E-state index >= 15 is 0 Å². The number of nitrogens with zero attached hydrogens (tertiary/aromatic N) is 2. The summed E-state index contributed by atoms with van der Waals surface area (Å²) in [5.74, 6) is -0.464. The predicted molar refractivity (Wildman–Crippen MR) is 168 cm³/mol. The van der Waals surface area contributed by atoms with Crippen LogP contribution in [0.2, 0.25) is 5.02 Å². The van der Waals surface area contributed by atoms with E-state index in [0.29, 0.717) is 52.3 Å². The second kappa shape index (κ2) is 13.5. The Hall–Kier alpha value is -5.16. The molecule has 2 N–H and O–H groups in total. The third-order valence-corrected chi connectivity index (χ3v) is 8.14. The van der Waals surface area contributed by atoms with Crippen molar-refractivity contribution in [2.75, 3.05) is 26.8 Å². The zero-order valence-electron chi connectivity index (χ0n) is 24.8. The average molecular weight is 645 g/mol. The van der Waals surface area contributed by atoms with Gasteiger partial charge in [0.1, 0.15) is 29.2 Å². The summed E-state index contributed by atoms with van der Waals surface area (Å²) in [4.78, 5) is 45.4. The van der Waals surface area contributed by atoms with E-state index < -0.39 is 29.8 Å². The van der Waals surface area contributed by atoms with Crippen LogP contribution in [0.5, 0.6) is 17.2 Å². The van der Waals surface area contributed by atoms with Crippen molar-refractivity contribution < 1.29 is 33.0 Å². The van der Waals surface area contributed by atoms with Crippen molar-refractivity contribution in [3.05, 3.63) is 107 Å². The van der Waals surface area contributed by atoms with Gasteiger partial charge in [-0.25, -0.2) is 4.39 Å². The average Bonchev–Trinajstić information content (AvgIpc) is 3.06. The molecule has 6 rings (SSSR count). The first-order chi connectivity index (χ1) is 22.3. The molecule has 1 aromatic heterocycles. The lowest BCUT2D eigenvalue weighted by Crippen LogP contribution is -2.58. The third kappa shape index (κ3) is 6.89. The van der Waals surface area contributed by atoms with Crippen molar-refractivity contribution in [1.29, 1.82) is 0 Å². The molecule has 10 nitrogen and oxygen atoms in total. The van der Waals surface area contributed by atoms with E-state index in [4.69, 9.17) is 25.8 Å². The number of ether oxygens (including phenoxy) is 3. The van der Waals surface area contributed by atoms with Gasteiger partial charge >= 0.3 is 0 Å². The third-order valence-electron chi connectivity index (χ3n) is 7.84. The smallest absolute Gasteiger partial charge is 0.258 e. The van der Waals surface area contributed by atoms with Crippen LogP contribution in [0.25, 0.3) is 11.1 Å². The molecule has 2 atom stereocenters. The van der Waals surface area contributed by atoms with Gasteiger partial charge in [0.05, 0.1) is 23.7 Å². The van der Waals surface area contributed by atoms with Gasteiger partial charge in [-0.15, -0.1) is 0 Å². The first kappa shape index (κ1) is 30.8. The van der Waals surface area contributed by atoms with E-state index in [1.165, 1.54) is 31.6 Å². The van der Waals surface area contributed by atoms with E-state index in [1.807, 2.05) is 6.07 Å². The van der Waals surface area contributed by atoms with E-state index in [9.17, 15) is 18.8 Å². The number of fused-ring (bicyclic) bond motifs is 8. The molecular formula is C34H30ClFN4O6. The van der Waals surface area contributed by atoms with E-state index in [-0.39, 0.29) is 36.4 Å². The maximum atomic E-state index is 14.7. The van der Waals surface area contributed by atoms with E-state index in [2.05, 4.69) is 15.6 Å². The normalized spacial score (nSPS) is 18.3. The number of hydrogen-bond acceptors (Lipinski definition) is 7. The van der Waals surface area contributed by atoms with Crippen molar-refractivity contribution in [3.8, 4) is 28.4 Å². The van der Waals surface area contributed by atoms with Crippen molar-refractivity contribution in [1.82, 2.24) is 20.5 Å². The number of hydrogen-bond donors (Lipinski definition) is 2. The summed E-state index contributed by atoms with van der Waals surface area (Å²) in [7, 11) is 1.53. The van der Waals surface area contributed by atoms with Gasteiger partial charge < -0.3 is 29.7 Å². The molecule has 12 heteroatoms. The molecule has 0 radical (unpaired) electrons. The Labute approximate surface area is 269 Å². The molecule has 2 aliphatic heterocycles. The van der Waals surface area contributed by atoms with Gasteiger partial charge in [-0.05, 0) is 59.7 Å². The number of halogens is 2. The molecule has 46 heavy (non-hydrogen) atoms. The molecule has 0 saturated carbocycles. The number of methoxy groups -OCH3 is 1. The standard InChI is InChI=1S/C34H30ClFN4O6/c1-44-30-6-5-22-14-27(30)21-3-2-4-24(13-21)45-19-32(41)38-16-20-11-23(36)15-25(12-20)46-31-8-10-40(18-29(31)39-33(22)42)34(43)26-7-9-37-17-28(26)35/h2-7,9,11-15,17,29,31H,8,10,16,18-19H2,1H3,(H,38,41)(H,39,42)/t29-,31-/m1/s1. The predicted octanol–water partition coefficient (Wildman–Crippen LogP) is 4.65. The van der Waals surface area contributed by atoms with Crippen molar-refractivity contribution >= 4 is 29.3 Å². The Morgan fingerprint density at radius 1 is 1.07 bits per heavy atom. The lowest BCUT2D eigenvalue weighted by Gasteiger charge is -2.39. The Morgan fingerprint density at radius 2 is 1.93 bits per heavy atom. The van der Waals surface area contributed by atoms with Gasteiger partial charge in [0.15, 0.2) is 6.61 Å². The number of pyridine rings is 1. The van der Waals surface area contributed by atoms with Crippen LogP contribution in [0.15, 0.2) is 79.1 Å². The van der Waals surface area contributed by atoms with Crippen LogP contribution in [-0.4, -0.2) is 66.6 Å². The summed E-state index contributed by atoms with van der Waals surface area (Å²) >= 11 is 6.27. The maximum absolute atomic E-state index is 14.7. The fourth-order valence-electron chi connectivity index (χ4n) is 5.56. The summed E-state index contributed by atoms with van der Waals surface area (Å²) in [6, 6.07) is 17.2.